The maximum absolute atomic E-state index is 12.4. The van der Waals surface area contributed by atoms with Crippen LogP contribution in [0.4, 0.5) is 11.6 Å². The van der Waals surface area contributed by atoms with Gasteiger partial charge in [0.25, 0.3) is 0 Å². The third-order valence-corrected chi connectivity index (χ3v) is 4.48. The lowest BCUT2D eigenvalue weighted by Crippen LogP contribution is -2.15. The average molecular weight is 373 g/mol. The van der Waals surface area contributed by atoms with E-state index in [9.17, 15) is 4.79 Å². The summed E-state index contributed by atoms with van der Waals surface area (Å²) in [7, 11) is 1.61. The molecular weight excluding hydrogens is 354 g/mol. The number of benzene rings is 2. The van der Waals surface area contributed by atoms with E-state index in [1.54, 1.807) is 13.3 Å². The zero-order chi connectivity index (χ0) is 19.5. The minimum absolute atomic E-state index is 0.135. The highest BCUT2D eigenvalue weighted by Crippen LogP contribution is 2.27. The molecule has 0 radical (unpaired) electrons. The topological polar surface area (TPSA) is 106 Å². The molecule has 2 aromatic carbocycles. The van der Waals surface area contributed by atoms with Crippen LogP contribution in [0.25, 0.3) is 22.0 Å². The Balaban J connectivity index is 1.50. The average Bonchev–Trinajstić information content (AvgIpc) is 3.09. The van der Waals surface area contributed by atoms with Crippen LogP contribution in [-0.2, 0) is 11.2 Å². The van der Waals surface area contributed by atoms with Crippen LogP contribution in [0.15, 0.2) is 60.8 Å². The molecule has 0 fully saturated rings. The van der Waals surface area contributed by atoms with E-state index in [0.29, 0.717) is 11.6 Å². The Morgan fingerprint density at radius 1 is 1.11 bits per heavy atom. The largest absolute Gasteiger partial charge is 0.497 e. The molecule has 0 aliphatic heterocycles. The van der Waals surface area contributed by atoms with Gasteiger partial charge in [-0.1, -0.05) is 18.2 Å². The maximum atomic E-state index is 12.4. The van der Waals surface area contributed by atoms with E-state index in [4.69, 9.17) is 10.5 Å². The first-order valence-electron chi connectivity index (χ1n) is 8.75. The van der Waals surface area contributed by atoms with Crippen molar-refractivity contribution in [3.8, 4) is 16.9 Å². The van der Waals surface area contributed by atoms with Crippen molar-refractivity contribution >= 4 is 28.4 Å². The Labute approximate surface area is 161 Å². The maximum Gasteiger partial charge on any atom is 0.229 e. The predicted molar refractivity (Wildman–Crippen MR) is 109 cm³/mol. The van der Waals surface area contributed by atoms with Crippen LogP contribution in [0.1, 0.15) is 5.56 Å². The summed E-state index contributed by atoms with van der Waals surface area (Å²) in [5.41, 5.74) is 9.56. The second kappa shape index (κ2) is 7.40. The van der Waals surface area contributed by atoms with Crippen LogP contribution in [0.5, 0.6) is 5.75 Å². The Morgan fingerprint density at radius 3 is 2.68 bits per heavy atom. The van der Waals surface area contributed by atoms with E-state index in [-0.39, 0.29) is 12.3 Å². The minimum atomic E-state index is -0.135. The number of ether oxygens (including phenoxy) is 1. The zero-order valence-corrected chi connectivity index (χ0v) is 15.3. The van der Waals surface area contributed by atoms with Gasteiger partial charge in [-0.2, -0.15) is 5.10 Å². The summed E-state index contributed by atoms with van der Waals surface area (Å²) in [5, 5.41) is 10.6. The van der Waals surface area contributed by atoms with Gasteiger partial charge in [0.2, 0.25) is 5.91 Å². The summed E-state index contributed by atoms with van der Waals surface area (Å²) >= 11 is 0. The Morgan fingerprint density at radius 2 is 1.89 bits per heavy atom. The second-order valence-corrected chi connectivity index (χ2v) is 6.37. The van der Waals surface area contributed by atoms with Gasteiger partial charge in [0, 0.05) is 11.6 Å². The molecule has 0 bridgehead atoms. The Kier molecular flexibility index (Phi) is 4.63. The van der Waals surface area contributed by atoms with E-state index < -0.39 is 0 Å². The number of H-pyrrole nitrogens is 1. The molecule has 7 heteroatoms. The molecule has 1 amide bonds. The van der Waals surface area contributed by atoms with Gasteiger partial charge in [0.15, 0.2) is 5.82 Å². The molecule has 0 aliphatic carbocycles. The number of nitrogen functional groups attached to an aromatic ring is 1. The molecule has 0 atom stereocenters. The van der Waals surface area contributed by atoms with E-state index in [1.807, 2.05) is 54.6 Å². The Hall–Kier alpha value is -3.87. The fourth-order valence-corrected chi connectivity index (χ4v) is 3.01. The van der Waals surface area contributed by atoms with Crippen LogP contribution in [0, 0.1) is 0 Å². The van der Waals surface area contributed by atoms with Gasteiger partial charge >= 0.3 is 0 Å². The molecular formula is C21H19N5O2. The van der Waals surface area contributed by atoms with Crippen molar-refractivity contribution in [1.29, 1.82) is 0 Å². The molecule has 2 aromatic heterocycles. The fourth-order valence-electron chi connectivity index (χ4n) is 3.01. The van der Waals surface area contributed by atoms with Gasteiger partial charge in [0.05, 0.1) is 19.0 Å². The Bertz CT molecular complexity index is 1140. The second-order valence-electron chi connectivity index (χ2n) is 6.37. The van der Waals surface area contributed by atoms with Gasteiger partial charge in [-0.05, 0) is 53.1 Å². The standard InChI is InChI=1S/C21H19N5O2/c1-28-16-5-2-13(3-6-16)10-20(27)24-19-12-15(8-9-23-19)14-4-7-18-17(11-14)21(22)26-25-18/h2-9,11-12H,10H2,1H3,(H3,22,25,26)(H,23,24,27). The minimum Gasteiger partial charge on any atom is -0.497 e. The fraction of sp³-hybridized carbons (Fsp3) is 0.0952. The summed E-state index contributed by atoms with van der Waals surface area (Å²) in [6, 6.07) is 17.0. The summed E-state index contributed by atoms with van der Waals surface area (Å²) in [5.74, 6) is 1.58. The van der Waals surface area contributed by atoms with E-state index in [2.05, 4.69) is 20.5 Å². The summed E-state index contributed by atoms with van der Waals surface area (Å²) in [6.07, 6.45) is 1.93. The number of aromatic nitrogens is 3. The highest BCUT2D eigenvalue weighted by molar-refractivity contribution is 5.94. The quantitative estimate of drug-likeness (QED) is 0.497. The molecule has 0 unspecified atom stereocenters. The number of nitrogens with one attached hydrogen (secondary N) is 2. The van der Waals surface area contributed by atoms with E-state index in [1.165, 1.54) is 0 Å². The SMILES string of the molecule is COc1ccc(CC(=O)Nc2cc(-c3ccc4[nH]nc(N)c4c3)ccn2)cc1. The number of hydrogen-bond donors (Lipinski definition) is 3. The highest BCUT2D eigenvalue weighted by Gasteiger charge is 2.08. The molecule has 4 N–H and O–H groups in total. The number of carbonyl (C=O) groups is 1. The molecule has 4 aromatic rings. The number of methoxy groups -OCH3 is 1. The van der Waals surface area contributed by atoms with Crippen molar-refractivity contribution in [3.63, 3.8) is 0 Å². The van der Waals surface area contributed by atoms with Crippen LogP contribution >= 0.6 is 0 Å². The van der Waals surface area contributed by atoms with Crippen molar-refractivity contribution in [2.24, 2.45) is 0 Å². The lowest BCUT2D eigenvalue weighted by atomic mass is 10.0. The van der Waals surface area contributed by atoms with Crippen molar-refractivity contribution < 1.29 is 9.53 Å². The van der Waals surface area contributed by atoms with Crippen LogP contribution in [-0.4, -0.2) is 28.2 Å². The number of aromatic amines is 1. The predicted octanol–water partition coefficient (Wildman–Crippen LogP) is 3.40. The molecule has 0 saturated carbocycles. The first kappa shape index (κ1) is 17.5. The number of hydrogen-bond acceptors (Lipinski definition) is 5. The summed E-state index contributed by atoms with van der Waals surface area (Å²) in [6.45, 7) is 0. The third-order valence-electron chi connectivity index (χ3n) is 4.48. The van der Waals surface area contributed by atoms with Crippen molar-refractivity contribution in [2.75, 3.05) is 18.2 Å². The van der Waals surface area contributed by atoms with Gasteiger partial charge in [-0.15, -0.1) is 0 Å². The number of nitrogens with two attached hydrogens (primary N) is 1. The van der Waals surface area contributed by atoms with Crippen LogP contribution < -0.4 is 15.8 Å². The number of carbonyl (C=O) groups excluding carboxylic acids is 1. The van der Waals surface area contributed by atoms with E-state index >= 15 is 0 Å². The number of rotatable bonds is 5. The third kappa shape index (κ3) is 3.64. The van der Waals surface area contributed by atoms with Gasteiger partial charge in [-0.25, -0.2) is 4.98 Å². The first-order chi connectivity index (χ1) is 13.6. The van der Waals surface area contributed by atoms with Crippen molar-refractivity contribution in [1.82, 2.24) is 15.2 Å². The molecule has 7 nitrogen and oxygen atoms in total. The molecule has 140 valence electrons. The van der Waals surface area contributed by atoms with Gasteiger partial charge in [0.1, 0.15) is 11.6 Å². The molecule has 0 saturated heterocycles. The number of pyridine rings is 1. The van der Waals surface area contributed by atoms with Gasteiger partial charge in [-0.3, -0.25) is 9.89 Å². The smallest absolute Gasteiger partial charge is 0.229 e. The number of anilines is 2. The van der Waals surface area contributed by atoms with Crippen molar-refractivity contribution in [2.45, 2.75) is 6.42 Å². The normalized spacial score (nSPS) is 10.8. The van der Waals surface area contributed by atoms with Gasteiger partial charge < -0.3 is 15.8 Å². The lowest BCUT2D eigenvalue weighted by Gasteiger charge is -2.08. The lowest BCUT2D eigenvalue weighted by molar-refractivity contribution is -0.115. The van der Waals surface area contributed by atoms with Crippen molar-refractivity contribution in [3.05, 3.63) is 66.4 Å². The zero-order valence-electron chi connectivity index (χ0n) is 15.3. The molecule has 0 aliphatic rings. The van der Waals surface area contributed by atoms with E-state index in [0.717, 1.165) is 33.3 Å². The summed E-state index contributed by atoms with van der Waals surface area (Å²) < 4.78 is 5.13. The van der Waals surface area contributed by atoms with Crippen LogP contribution in [0.3, 0.4) is 0 Å². The molecule has 4 rings (SSSR count). The highest BCUT2D eigenvalue weighted by atomic mass is 16.5. The monoisotopic (exact) mass is 373 g/mol. The number of fused-ring (bicyclic) bond motifs is 1. The first-order valence-corrected chi connectivity index (χ1v) is 8.75. The number of amides is 1. The van der Waals surface area contributed by atoms with Crippen LogP contribution in [0.2, 0.25) is 0 Å². The number of nitrogens with zero attached hydrogens (tertiary/aromatic N) is 2. The molecule has 0 spiro atoms. The molecule has 28 heavy (non-hydrogen) atoms. The summed E-state index contributed by atoms with van der Waals surface area (Å²) in [4.78, 5) is 16.6. The molecule has 2 heterocycles.